The first-order chi connectivity index (χ1) is 13.6. The molecule has 6 heteroatoms. The van der Waals surface area contributed by atoms with Crippen LogP contribution in [-0.2, 0) is 17.8 Å². The molecule has 0 bridgehead atoms. The highest BCUT2D eigenvalue weighted by atomic mass is 16.5. The SMILES string of the molecule is C=c1ccn(Cc2ccc(CN)cc2)/c1=C(/N=C(/N)CCC)NCCOCC. The lowest BCUT2D eigenvalue weighted by atomic mass is 10.1. The summed E-state index contributed by atoms with van der Waals surface area (Å²) in [6.07, 6.45) is 3.74. The van der Waals surface area contributed by atoms with E-state index < -0.39 is 0 Å². The van der Waals surface area contributed by atoms with Crippen molar-refractivity contribution in [2.45, 2.75) is 39.8 Å². The van der Waals surface area contributed by atoms with E-state index in [4.69, 9.17) is 16.2 Å². The molecule has 5 N–H and O–H groups in total. The zero-order valence-corrected chi connectivity index (χ0v) is 17.1. The van der Waals surface area contributed by atoms with Crippen molar-refractivity contribution in [1.29, 1.82) is 0 Å². The van der Waals surface area contributed by atoms with E-state index in [-0.39, 0.29) is 0 Å². The van der Waals surface area contributed by atoms with E-state index >= 15 is 0 Å². The Balaban J connectivity index is 2.40. The van der Waals surface area contributed by atoms with Gasteiger partial charge in [-0.25, -0.2) is 4.99 Å². The van der Waals surface area contributed by atoms with E-state index in [1.165, 1.54) is 5.56 Å². The number of nitrogens with zero attached hydrogens (tertiary/aromatic N) is 2. The van der Waals surface area contributed by atoms with Crippen LogP contribution < -0.4 is 27.4 Å². The lowest BCUT2D eigenvalue weighted by Gasteiger charge is -2.11. The minimum absolute atomic E-state index is 0.547. The van der Waals surface area contributed by atoms with Gasteiger partial charge in [-0.2, -0.15) is 0 Å². The van der Waals surface area contributed by atoms with E-state index in [0.29, 0.717) is 32.1 Å². The van der Waals surface area contributed by atoms with Gasteiger partial charge in [0.15, 0.2) is 5.82 Å². The van der Waals surface area contributed by atoms with Crippen molar-refractivity contribution in [1.82, 2.24) is 9.88 Å². The molecule has 0 spiro atoms. The van der Waals surface area contributed by atoms with E-state index in [0.717, 1.165) is 41.3 Å². The first-order valence-corrected chi connectivity index (χ1v) is 9.89. The van der Waals surface area contributed by atoms with Crippen molar-refractivity contribution in [3.05, 3.63) is 58.2 Å². The van der Waals surface area contributed by atoms with Crippen LogP contribution in [0.25, 0.3) is 12.4 Å². The van der Waals surface area contributed by atoms with Gasteiger partial charge in [0.05, 0.1) is 12.0 Å². The summed E-state index contributed by atoms with van der Waals surface area (Å²) in [5, 5.41) is 5.23. The van der Waals surface area contributed by atoms with Crippen LogP contribution in [0.5, 0.6) is 0 Å². The summed E-state index contributed by atoms with van der Waals surface area (Å²) in [5.41, 5.74) is 14.1. The normalized spacial score (nSPS) is 12.9. The smallest absolute Gasteiger partial charge is 0.152 e. The fraction of sp³-hybridized carbons (Fsp3) is 0.409. The third-order valence-corrected chi connectivity index (χ3v) is 4.39. The Kier molecular flexibility index (Phi) is 8.78. The molecule has 0 unspecified atom stereocenters. The van der Waals surface area contributed by atoms with Crippen molar-refractivity contribution in [2.24, 2.45) is 16.5 Å². The molecule has 0 saturated heterocycles. The molecule has 1 aromatic carbocycles. The molecule has 2 aromatic rings. The quantitative estimate of drug-likeness (QED) is 0.309. The molecule has 0 aliphatic carbocycles. The van der Waals surface area contributed by atoms with Gasteiger partial charge in [0.2, 0.25) is 0 Å². The molecular weight excluding hydrogens is 350 g/mol. The van der Waals surface area contributed by atoms with Gasteiger partial charge in [0.1, 0.15) is 5.84 Å². The summed E-state index contributed by atoms with van der Waals surface area (Å²) in [4.78, 5) is 4.66. The number of nitrogens with two attached hydrogens (primary N) is 2. The molecule has 28 heavy (non-hydrogen) atoms. The van der Waals surface area contributed by atoms with Crippen LogP contribution in [0, 0.1) is 0 Å². The van der Waals surface area contributed by atoms with Gasteiger partial charge in [-0.15, -0.1) is 0 Å². The molecule has 2 rings (SSSR count). The molecule has 0 atom stereocenters. The Bertz CT molecular complexity index is 867. The number of amidine groups is 1. The zero-order chi connectivity index (χ0) is 20.4. The van der Waals surface area contributed by atoms with Crippen LogP contribution in [0.2, 0.25) is 0 Å². The Morgan fingerprint density at radius 2 is 1.89 bits per heavy atom. The maximum absolute atomic E-state index is 6.12. The van der Waals surface area contributed by atoms with E-state index in [2.05, 4.69) is 52.6 Å². The molecule has 0 aliphatic heterocycles. The highest BCUT2D eigenvalue weighted by Crippen LogP contribution is 2.05. The predicted molar refractivity (Wildman–Crippen MR) is 117 cm³/mol. The van der Waals surface area contributed by atoms with Crippen molar-refractivity contribution in [2.75, 3.05) is 19.8 Å². The number of ether oxygens (including phenoxy) is 1. The lowest BCUT2D eigenvalue weighted by Crippen LogP contribution is -2.36. The molecule has 152 valence electrons. The van der Waals surface area contributed by atoms with Crippen molar-refractivity contribution in [3.63, 3.8) is 0 Å². The Labute approximate surface area is 167 Å². The van der Waals surface area contributed by atoms with Crippen molar-refractivity contribution in [3.8, 4) is 0 Å². The molecule has 0 fully saturated rings. The fourth-order valence-corrected chi connectivity index (χ4v) is 2.93. The number of rotatable bonds is 11. The number of aliphatic imine (C=N–C) groups is 1. The van der Waals surface area contributed by atoms with Crippen molar-refractivity contribution < 1.29 is 4.74 Å². The first-order valence-electron chi connectivity index (χ1n) is 9.89. The lowest BCUT2D eigenvalue weighted by molar-refractivity contribution is 0.152. The third kappa shape index (κ3) is 6.25. The number of hydrogen-bond acceptors (Lipinski definition) is 4. The van der Waals surface area contributed by atoms with E-state index in [1.807, 2.05) is 19.2 Å². The summed E-state index contributed by atoms with van der Waals surface area (Å²) >= 11 is 0. The van der Waals surface area contributed by atoms with Gasteiger partial charge < -0.3 is 26.1 Å². The standard InChI is InChI=1S/C22H33N5O/c1-4-6-20(24)26-22(25-12-14-28-5-2)21-17(3)11-13-27(21)16-19-9-7-18(15-23)8-10-19/h7-11,13,25H,3-6,12,14-16,23H2,1-2H3,(H2,24,26)/b22-21+. The highest BCUT2D eigenvalue weighted by Gasteiger charge is 2.06. The molecule has 0 amide bonds. The predicted octanol–water partition coefficient (Wildman–Crippen LogP) is 1.25. The number of nitrogens with one attached hydrogen (secondary N) is 1. The number of hydrogen-bond donors (Lipinski definition) is 3. The van der Waals surface area contributed by atoms with E-state index in [9.17, 15) is 0 Å². The minimum atomic E-state index is 0.547. The second kappa shape index (κ2) is 11.3. The van der Waals surface area contributed by atoms with E-state index in [1.54, 1.807) is 0 Å². The average molecular weight is 384 g/mol. The molecule has 1 aromatic heterocycles. The Morgan fingerprint density at radius 3 is 2.54 bits per heavy atom. The second-order valence-corrected chi connectivity index (χ2v) is 6.66. The fourth-order valence-electron chi connectivity index (χ4n) is 2.93. The van der Waals surface area contributed by atoms with Crippen LogP contribution in [0.4, 0.5) is 0 Å². The van der Waals surface area contributed by atoms with Gasteiger partial charge in [-0.05, 0) is 35.8 Å². The number of benzene rings is 1. The summed E-state index contributed by atoms with van der Waals surface area (Å²) in [6, 6.07) is 10.3. The zero-order valence-electron chi connectivity index (χ0n) is 17.1. The van der Waals surface area contributed by atoms with Crippen LogP contribution >= 0.6 is 0 Å². The van der Waals surface area contributed by atoms with Crippen molar-refractivity contribution >= 4 is 18.2 Å². The Hall–Kier alpha value is -2.57. The van der Waals surface area contributed by atoms with Crippen LogP contribution in [0.1, 0.15) is 37.8 Å². The molecule has 0 saturated carbocycles. The van der Waals surface area contributed by atoms with Crippen LogP contribution in [-0.4, -0.2) is 30.2 Å². The monoisotopic (exact) mass is 383 g/mol. The first kappa shape index (κ1) is 21.7. The van der Waals surface area contributed by atoms with Gasteiger partial charge in [0, 0.05) is 38.9 Å². The summed E-state index contributed by atoms with van der Waals surface area (Å²) < 4.78 is 7.59. The van der Waals surface area contributed by atoms with Gasteiger partial charge in [0.25, 0.3) is 0 Å². The summed E-state index contributed by atoms with van der Waals surface area (Å²) in [7, 11) is 0. The average Bonchev–Trinajstić information content (AvgIpc) is 3.05. The summed E-state index contributed by atoms with van der Waals surface area (Å²) in [6.45, 7) is 11.5. The third-order valence-electron chi connectivity index (χ3n) is 4.39. The Morgan fingerprint density at radius 1 is 1.18 bits per heavy atom. The molecule has 0 aliphatic rings. The van der Waals surface area contributed by atoms with Gasteiger partial charge in [-0.3, -0.25) is 0 Å². The maximum Gasteiger partial charge on any atom is 0.152 e. The number of aromatic nitrogens is 1. The highest BCUT2D eigenvalue weighted by molar-refractivity contribution is 5.83. The van der Waals surface area contributed by atoms with Gasteiger partial charge >= 0.3 is 0 Å². The molecule has 6 nitrogen and oxygen atoms in total. The van der Waals surface area contributed by atoms with Gasteiger partial charge in [-0.1, -0.05) is 37.8 Å². The molecule has 1 heterocycles. The topological polar surface area (TPSA) is 90.6 Å². The maximum atomic E-state index is 6.12. The van der Waals surface area contributed by atoms with Crippen LogP contribution in [0.3, 0.4) is 0 Å². The molecular formula is C22H33N5O. The van der Waals surface area contributed by atoms with Crippen LogP contribution in [0.15, 0.2) is 41.5 Å². The minimum Gasteiger partial charge on any atom is -0.387 e. The second-order valence-electron chi connectivity index (χ2n) is 6.66. The molecule has 0 radical (unpaired) electrons. The largest absolute Gasteiger partial charge is 0.387 e. The summed E-state index contributed by atoms with van der Waals surface area (Å²) in [5.74, 6) is 1.35.